The van der Waals surface area contributed by atoms with Crippen molar-refractivity contribution in [2.24, 2.45) is 0 Å². The van der Waals surface area contributed by atoms with Gasteiger partial charge in [-0.1, -0.05) is 35.5 Å². The monoisotopic (exact) mass is 285 g/mol. The number of hydrogen-bond acceptors (Lipinski definition) is 5. The van der Waals surface area contributed by atoms with Gasteiger partial charge in [-0.3, -0.25) is 4.79 Å². The van der Waals surface area contributed by atoms with E-state index in [1.165, 1.54) is 19.1 Å². The molecule has 6 nitrogen and oxygen atoms in total. The molecular formula is C15H15N3O3. The van der Waals surface area contributed by atoms with E-state index in [9.17, 15) is 9.59 Å². The molecule has 108 valence electrons. The molecule has 0 aliphatic carbocycles. The zero-order valence-corrected chi connectivity index (χ0v) is 11.6. The number of hydrogen-bond donors (Lipinski definition) is 0. The van der Waals surface area contributed by atoms with Crippen molar-refractivity contribution in [3.63, 3.8) is 0 Å². The molecule has 1 aromatic heterocycles. The molecule has 0 unspecified atom stereocenters. The molecule has 2 rings (SSSR count). The van der Waals surface area contributed by atoms with E-state index in [1.54, 1.807) is 10.9 Å². The summed E-state index contributed by atoms with van der Waals surface area (Å²) in [6, 6.07) is 9.86. The summed E-state index contributed by atoms with van der Waals surface area (Å²) in [5, 5.41) is 7.90. The number of rotatable bonds is 6. The molecule has 0 spiro atoms. The van der Waals surface area contributed by atoms with Crippen LogP contribution in [-0.2, 0) is 20.9 Å². The molecule has 0 aliphatic heterocycles. The van der Waals surface area contributed by atoms with Gasteiger partial charge < -0.3 is 4.74 Å². The van der Waals surface area contributed by atoms with E-state index in [4.69, 9.17) is 4.74 Å². The van der Waals surface area contributed by atoms with Gasteiger partial charge in [0.25, 0.3) is 0 Å². The van der Waals surface area contributed by atoms with Crippen LogP contribution in [0, 0.1) is 0 Å². The van der Waals surface area contributed by atoms with Gasteiger partial charge in [0.15, 0.2) is 5.78 Å². The Hall–Kier alpha value is -2.76. The normalized spacial score (nSPS) is 10.7. The maximum Gasteiger partial charge on any atom is 0.331 e. The van der Waals surface area contributed by atoms with Gasteiger partial charge >= 0.3 is 5.97 Å². The predicted octanol–water partition coefficient (Wildman–Crippen LogP) is 1.47. The Morgan fingerprint density at radius 2 is 2.05 bits per heavy atom. The van der Waals surface area contributed by atoms with Gasteiger partial charge in [0.1, 0.15) is 12.3 Å². The van der Waals surface area contributed by atoms with Crippen molar-refractivity contribution in [1.29, 1.82) is 0 Å². The SMILES string of the molecule is CC(=O)COC(=O)/C=C/c1cn(Cc2ccccc2)nn1. The van der Waals surface area contributed by atoms with Crippen molar-refractivity contribution in [2.45, 2.75) is 13.5 Å². The number of esters is 1. The summed E-state index contributed by atoms with van der Waals surface area (Å²) >= 11 is 0. The van der Waals surface area contributed by atoms with E-state index in [-0.39, 0.29) is 12.4 Å². The van der Waals surface area contributed by atoms with Crippen LogP contribution in [0.4, 0.5) is 0 Å². The third-order valence-electron chi connectivity index (χ3n) is 2.55. The molecule has 0 bridgehead atoms. The zero-order valence-electron chi connectivity index (χ0n) is 11.6. The fourth-order valence-electron chi connectivity index (χ4n) is 1.61. The summed E-state index contributed by atoms with van der Waals surface area (Å²) in [6.45, 7) is 1.74. The number of nitrogens with zero attached hydrogens (tertiary/aromatic N) is 3. The van der Waals surface area contributed by atoms with Crippen LogP contribution < -0.4 is 0 Å². The predicted molar refractivity (Wildman–Crippen MR) is 76.2 cm³/mol. The van der Waals surface area contributed by atoms with E-state index in [1.807, 2.05) is 30.3 Å². The summed E-state index contributed by atoms with van der Waals surface area (Å²) in [4.78, 5) is 22.0. The van der Waals surface area contributed by atoms with Crippen LogP contribution in [0.5, 0.6) is 0 Å². The van der Waals surface area contributed by atoms with Gasteiger partial charge in [-0.05, 0) is 18.6 Å². The van der Waals surface area contributed by atoms with Gasteiger partial charge in [0, 0.05) is 6.08 Å². The van der Waals surface area contributed by atoms with Gasteiger partial charge in [-0.2, -0.15) is 0 Å². The molecule has 21 heavy (non-hydrogen) atoms. The van der Waals surface area contributed by atoms with Crippen LogP contribution in [0.25, 0.3) is 6.08 Å². The lowest BCUT2D eigenvalue weighted by atomic mass is 10.2. The summed E-state index contributed by atoms with van der Waals surface area (Å²) in [7, 11) is 0. The van der Waals surface area contributed by atoms with Crippen LogP contribution in [-0.4, -0.2) is 33.4 Å². The van der Waals surface area contributed by atoms with Crippen molar-refractivity contribution in [3.05, 3.63) is 53.9 Å². The van der Waals surface area contributed by atoms with E-state index >= 15 is 0 Å². The number of ketones is 1. The first-order valence-corrected chi connectivity index (χ1v) is 6.42. The molecule has 1 heterocycles. The molecule has 0 N–H and O–H groups in total. The molecule has 0 saturated heterocycles. The lowest BCUT2D eigenvalue weighted by molar-refractivity contribution is -0.142. The first kappa shape index (κ1) is 14.6. The Morgan fingerprint density at radius 3 is 2.76 bits per heavy atom. The summed E-state index contributed by atoms with van der Waals surface area (Å²) in [6.07, 6.45) is 4.44. The molecule has 6 heteroatoms. The highest BCUT2D eigenvalue weighted by Gasteiger charge is 2.02. The minimum Gasteiger partial charge on any atom is -0.455 e. The Balaban J connectivity index is 1.91. The molecule has 0 aliphatic rings. The minimum absolute atomic E-state index is 0.203. The van der Waals surface area contributed by atoms with Gasteiger partial charge in [-0.25, -0.2) is 9.48 Å². The first-order chi connectivity index (χ1) is 10.1. The quantitative estimate of drug-likeness (QED) is 0.593. The van der Waals surface area contributed by atoms with Crippen LogP contribution in [0.1, 0.15) is 18.2 Å². The van der Waals surface area contributed by atoms with Gasteiger partial charge in [0.05, 0.1) is 12.7 Å². The minimum atomic E-state index is -0.581. The van der Waals surface area contributed by atoms with Crippen molar-refractivity contribution >= 4 is 17.8 Å². The molecule has 0 saturated carbocycles. The summed E-state index contributed by atoms with van der Waals surface area (Å²) < 4.78 is 6.37. The number of Topliss-reactive ketones (excluding diaryl/α,β-unsaturated/α-hetero) is 1. The average Bonchev–Trinajstić information content (AvgIpc) is 2.91. The van der Waals surface area contributed by atoms with Crippen LogP contribution in [0.3, 0.4) is 0 Å². The molecular weight excluding hydrogens is 270 g/mol. The summed E-state index contributed by atoms with van der Waals surface area (Å²) in [5.41, 5.74) is 1.66. The molecule has 0 fully saturated rings. The van der Waals surface area contributed by atoms with E-state index in [2.05, 4.69) is 10.3 Å². The van der Waals surface area contributed by atoms with Crippen molar-refractivity contribution in [1.82, 2.24) is 15.0 Å². The second-order valence-electron chi connectivity index (χ2n) is 4.47. The Bertz CT molecular complexity index is 647. The van der Waals surface area contributed by atoms with Crippen molar-refractivity contribution in [3.8, 4) is 0 Å². The standard InChI is InChI=1S/C15H15N3O3/c1-12(19)11-21-15(20)8-7-14-10-18(17-16-14)9-13-5-3-2-4-6-13/h2-8,10H,9,11H2,1H3/b8-7+. The number of ether oxygens (including phenoxy) is 1. The lowest BCUT2D eigenvalue weighted by Crippen LogP contribution is -2.08. The van der Waals surface area contributed by atoms with E-state index < -0.39 is 5.97 Å². The fraction of sp³-hybridized carbons (Fsp3) is 0.200. The van der Waals surface area contributed by atoms with Crippen LogP contribution in [0.2, 0.25) is 0 Å². The molecule has 0 radical (unpaired) electrons. The maximum atomic E-state index is 11.3. The van der Waals surface area contributed by atoms with Gasteiger partial charge in [0.2, 0.25) is 0 Å². The topological polar surface area (TPSA) is 74.1 Å². The molecule has 2 aromatic rings. The van der Waals surface area contributed by atoms with Crippen LogP contribution >= 0.6 is 0 Å². The Labute approximate surface area is 122 Å². The van der Waals surface area contributed by atoms with Crippen molar-refractivity contribution < 1.29 is 14.3 Å². The highest BCUT2D eigenvalue weighted by atomic mass is 16.5. The second-order valence-corrected chi connectivity index (χ2v) is 4.47. The molecule has 0 atom stereocenters. The Morgan fingerprint density at radius 1 is 1.29 bits per heavy atom. The van der Waals surface area contributed by atoms with Gasteiger partial charge in [-0.15, -0.1) is 5.10 Å². The first-order valence-electron chi connectivity index (χ1n) is 6.42. The van der Waals surface area contributed by atoms with E-state index in [0.717, 1.165) is 5.56 Å². The molecule has 1 aromatic carbocycles. The fourth-order valence-corrected chi connectivity index (χ4v) is 1.61. The molecule has 0 amide bonds. The summed E-state index contributed by atoms with van der Waals surface area (Å²) in [5.74, 6) is -0.784. The highest BCUT2D eigenvalue weighted by Crippen LogP contribution is 2.03. The number of carbonyl (C=O) groups is 2. The highest BCUT2D eigenvalue weighted by molar-refractivity contribution is 5.88. The lowest BCUT2D eigenvalue weighted by Gasteiger charge is -1.98. The average molecular weight is 285 g/mol. The largest absolute Gasteiger partial charge is 0.455 e. The number of aromatic nitrogens is 3. The van der Waals surface area contributed by atoms with Crippen molar-refractivity contribution in [2.75, 3.05) is 6.61 Å². The number of carbonyl (C=O) groups excluding carboxylic acids is 2. The zero-order chi connectivity index (χ0) is 15.1. The second kappa shape index (κ2) is 7.14. The number of benzene rings is 1. The van der Waals surface area contributed by atoms with E-state index in [0.29, 0.717) is 12.2 Å². The third-order valence-corrected chi connectivity index (χ3v) is 2.55. The third kappa shape index (κ3) is 5.02. The Kier molecular flexibility index (Phi) is 4.98. The van der Waals surface area contributed by atoms with Crippen LogP contribution in [0.15, 0.2) is 42.6 Å². The maximum absolute atomic E-state index is 11.3. The smallest absolute Gasteiger partial charge is 0.331 e.